The first-order valence-corrected chi connectivity index (χ1v) is 6.71. The molecule has 2 fully saturated rings. The monoisotopic (exact) mass is 235 g/mol. The minimum absolute atomic E-state index is 0.372. The van der Waals surface area contributed by atoms with Crippen molar-refractivity contribution < 1.29 is 4.42 Å². The van der Waals surface area contributed by atoms with Crippen LogP contribution in [-0.2, 0) is 6.42 Å². The zero-order valence-corrected chi connectivity index (χ0v) is 10.7. The topological polar surface area (TPSA) is 51.0 Å². The van der Waals surface area contributed by atoms with E-state index in [2.05, 4.69) is 29.4 Å². The summed E-state index contributed by atoms with van der Waals surface area (Å²) in [6, 6.07) is 0.792. The Morgan fingerprint density at radius 1 is 1.35 bits per heavy atom. The summed E-state index contributed by atoms with van der Waals surface area (Å²) >= 11 is 0. The first-order chi connectivity index (χ1) is 8.15. The molecular formula is C13H21N3O. The van der Waals surface area contributed by atoms with Crippen LogP contribution in [0.4, 0.5) is 0 Å². The molecule has 0 aromatic carbocycles. The summed E-state index contributed by atoms with van der Waals surface area (Å²) in [5.41, 5.74) is 0.372. The van der Waals surface area contributed by atoms with E-state index in [1.54, 1.807) is 0 Å². The van der Waals surface area contributed by atoms with Gasteiger partial charge >= 0.3 is 0 Å². The van der Waals surface area contributed by atoms with E-state index in [1.807, 2.05) is 0 Å². The van der Waals surface area contributed by atoms with Gasteiger partial charge in [0.2, 0.25) is 11.8 Å². The van der Waals surface area contributed by atoms with Gasteiger partial charge < -0.3 is 9.73 Å². The SMILES string of the molecule is CC1(C)CC1c1nnc(CCCNC2CC2)o1. The molecule has 1 aromatic heterocycles. The maximum Gasteiger partial charge on any atom is 0.220 e. The molecule has 1 aromatic rings. The van der Waals surface area contributed by atoms with E-state index < -0.39 is 0 Å². The first kappa shape index (κ1) is 11.2. The van der Waals surface area contributed by atoms with Crippen molar-refractivity contribution in [1.29, 1.82) is 0 Å². The molecular weight excluding hydrogens is 214 g/mol. The number of rotatable bonds is 6. The second-order valence-electron chi connectivity index (χ2n) is 6.11. The Kier molecular flexibility index (Phi) is 2.69. The van der Waals surface area contributed by atoms with Crippen molar-refractivity contribution in [3.05, 3.63) is 11.8 Å². The molecule has 0 saturated heterocycles. The normalized spacial score (nSPS) is 26.1. The van der Waals surface area contributed by atoms with Gasteiger partial charge in [-0.05, 0) is 37.6 Å². The Morgan fingerprint density at radius 2 is 2.12 bits per heavy atom. The Bertz CT molecular complexity index is 395. The van der Waals surface area contributed by atoms with Crippen molar-refractivity contribution >= 4 is 0 Å². The molecule has 94 valence electrons. The highest BCUT2D eigenvalue weighted by molar-refractivity contribution is 5.12. The maximum absolute atomic E-state index is 5.72. The number of hydrogen-bond acceptors (Lipinski definition) is 4. The number of hydrogen-bond donors (Lipinski definition) is 1. The van der Waals surface area contributed by atoms with Crippen LogP contribution in [0.2, 0.25) is 0 Å². The predicted octanol–water partition coefficient (Wildman–Crippen LogP) is 2.27. The summed E-state index contributed by atoms with van der Waals surface area (Å²) in [4.78, 5) is 0. The molecule has 3 rings (SSSR count). The van der Waals surface area contributed by atoms with Gasteiger partial charge in [0, 0.05) is 18.4 Å². The first-order valence-electron chi connectivity index (χ1n) is 6.71. The predicted molar refractivity (Wildman–Crippen MR) is 64.8 cm³/mol. The average Bonchev–Trinajstić information content (AvgIpc) is 3.15. The summed E-state index contributed by atoms with van der Waals surface area (Å²) < 4.78 is 5.72. The van der Waals surface area contributed by atoms with Crippen molar-refractivity contribution in [1.82, 2.24) is 15.5 Å². The van der Waals surface area contributed by atoms with Crippen molar-refractivity contribution in [2.45, 2.75) is 57.9 Å². The molecule has 0 aliphatic heterocycles. The van der Waals surface area contributed by atoms with Crippen molar-refractivity contribution in [3.8, 4) is 0 Å². The third kappa shape index (κ3) is 2.68. The zero-order chi connectivity index (χ0) is 11.9. The number of aryl methyl sites for hydroxylation is 1. The van der Waals surface area contributed by atoms with Gasteiger partial charge in [-0.2, -0.15) is 0 Å². The van der Waals surface area contributed by atoms with E-state index in [9.17, 15) is 0 Å². The van der Waals surface area contributed by atoms with E-state index >= 15 is 0 Å². The summed E-state index contributed by atoms with van der Waals surface area (Å²) in [7, 11) is 0. The Hall–Kier alpha value is -0.900. The molecule has 2 saturated carbocycles. The Balaban J connectivity index is 1.44. The van der Waals surface area contributed by atoms with Gasteiger partial charge in [0.05, 0.1) is 0 Å². The third-order valence-corrected chi connectivity index (χ3v) is 3.87. The lowest BCUT2D eigenvalue weighted by Crippen LogP contribution is -2.17. The Labute approximate surface area is 102 Å². The molecule has 4 nitrogen and oxygen atoms in total. The number of nitrogens with zero attached hydrogens (tertiary/aromatic N) is 2. The fourth-order valence-corrected chi connectivity index (χ4v) is 2.23. The van der Waals surface area contributed by atoms with Gasteiger partial charge in [-0.3, -0.25) is 0 Å². The molecule has 4 heteroatoms. The van der Waals surface area contributed by atoms with Crippen LogP contribution in [-0.4, -0.2) is 22.8 Å². The molecule has 1 heterocycles. The van der Waals surface area contributed by atoms with Gasteiger partial charge in [-0.15, -0.1) is 10.2 Å². The van der Waals surface area contributed by atoms with Crippen LogP contribution in [0.15, 0.2) is 4.42 Å². The van der Waals surface area contributed by atoms with E-state index in [-0.39, 0.29) is 0 Å². The molecule has 0 spiro atoms. The van der Waals surface area contributed by atoms with E-state index in [0.29, 0.717) is 11.3 Å². The fraction of sp³-hybridized carbons (Fsp3) is 0.846. The molecule has 2 aliphatic rings. The van der Waals surface area contributed by atoms with Crippen LogP contribution < -0.4 is 5.32 Å². The van der Waals surface area contributed by atoms with Crippen LogP contribution in [0.3, 0.4) is 0 Å². The Morgan fingerprint density at radius 3 is 2.76 bits per heavy atom. The van der Waals surface area contributed by atoms with Gasteiger partial charge in [0.15, 0.2) is 0 Å². The largest absolute Gasteiger partial charge is 0.425 e. The molecule has 0 radical (unpaired) electrons. The summed E-state index contributed by atoms with van der Waals surface area (Å²) in [6.07, 6.45) is 5.87. The van der Waals surface area contributed by atoms with Crippen LogP contribution in [0, 0.1) is 5.41 Å². The smallest absolute Gasteiger partial charge is 0.220 e. The van der Waals surface area contributed by atoms with Gasteiger partial charge in [-0.1, -0.05) is 13.8 Å². The minimum Gasteiger partial charge on any atom is -0.425 e. The number of aromatic nitrogens is 2. The highest BCUT2D eigenvalue weighted by Crippen LogP contribution is 2.58. The summed E-state index contributed by atoms with van der Waals surface area (Å²) in [5.74, 6) is 2.15. The third-order valence-electron chi connectivity index (χ3n) is 3.87. The molecule has 1 atom stereocenters. The highest BCUT2D eigenvalue weighted by atomic mass is 16.4. The lowest BCUT2D eigenvalue weighted by Gasteiger charge is -1.99. The molecule has 0 amide bonds. The molecule has 1 N–H and O–H groups in total. The lowest BCUT2D eigenvalue weighted by atomic mass is 10.1. The highest BCUT2D eigenvalue weighted by Gasteiger charge is 2.50. The van der Waals surface area contributed by atoms with Crippen LogP contribution in [0.25, 0.3) is 0 Å². The zero-order valence-electron chi connectivity index (χ0n) is 10.7. The van der Waals surface area contributed by atoms with Crippen LogP contribution >= 0.6 is 0 Å². The minimum atomic E-state index is 0.372. The summed E-state index contributed by atoms with van der Waals surface area (Å²) in [6.45, 7) is 5.57. The molecule has 0 bridgehead atoms. The van der Waals surface area contributed by atoms with E-state index in [0.717, 1.165) is 37.2 Å². The van der Waals surface area contributed by atoms with Gasteiger partial charge in [0.1, 0.15) is 0 Å². The lowest BCUT2D eigenvalue weighted by molar-refractivity contribution is 0.426. The van der Waals surface area contributed by atoms with E-state index in [4.69, 9.17) is 4.42 Å². The standard InChI is InChI=1S/C13H21N3O/c1-13(2)8-10(13)12-16-15-11(17-12)4-3-7-14-9-5-6-9/h9-10,14H,3-8H2,1-2H3. The molecule has 1 unspecified atom stereocenters. The van der Waals surface area contributed by atoms with Crippen LogP contribution in [0.5, 0.6) is 0 Å². The molecule has 17 heavy (non-hydrogen) atoms. The second kappa shape index (κ2) is 4.09. The van der Waals surface area contributed by atoms with Gasteiger partial charge in [-0.25, -0.2) is 0 Å². The average molecular weight is 235 g/mol. The fourth-order valence-electron chi connectivity index (χ4n) is 2.23. The maximum atomic E-state index is 5.72. The molecule has 2 aliphatic carbocycles. The second-order valence-corrected chi connectivity index (χ2v) is 6.11. The van der Waals surface area contributed by atoms with E-state index in [1.165, 1.54) is 19.3 Å². The summed E-state index contributed by atoms with van der Waals surface area (Å²) in [5, 5.41) is 11.8. The van der Waals surface area contributed by atoms with Crippen molar-refractivity contribution in [2.75, 3.05) is 6.54 Å². The quantitative estimate of drug-likeness (QED) is 0.768. The van der Waals surface area contributed by atoms with Crippen molar-refractivity contribution in [3.63, 3.8) is 0 Å². The van der Waals surface area contributed by atoms with Gasteiger partial charge in [0.25, 0.3) is 0 Å². The number of nitrogens with one attached hydrogen (secondary N) is 1. The van der Waals surface area contributed by atoms with Crippen LogP contribution in [0.1, 0.15) is 57.2 Å². The van der Waals surface area contributed by atoms with Crippen molar-refractivity contribution in [2.24, 2.45) is 5.41 Å².